The number of halogens is 1. The van der Waals surface area contributed by atoms with E-state index in [0.717, 1.165) is 30.4 Å². The van der Waals surface area contributed by atoms with Gasteiger partial charge in [-0.25, -0.2) is 0 Å². The molecule has 0 spiro atoms. The minimum Gasteiger partial charge on any atom is -0.316 e. The normalized spacial score (nSPS) is 9.87. The van der Waals surface area contributed by atoms with Crippen LogP contribution in [0, 0.1) is 11.3 Å². The Kier molecular flexibility index (Phi) is 6.06. The van der Waals surface area contributed by atoms with Gasteiger partial charge in [-0.15, -0.1) is 0 Å². The van der Waals surface area contributed by atoms with Crippen molar-refractivity contribution in [2.24, 2.45) is 0 Å². The maximum atomic E-state index is 8.35. The van der Waals surface area contributed by atoms with Gasteiger partial charge in [-0.2, -0.15) is 5.26 Å². The number of benzene rings is 1. The molecule has 1 N–H and O–H groups in total. The zero-order valence-corrected chi connectivity index (χ0v) is 10.3. The highest BCUT2D eigenvalue weighted by Crippen LogP contribution is 2.11. The molecule has 80 valence electrons. The minimum atomic E-state index is 0.643. The van der Waals surface area contributed by atoms with Crippen molar-refractivity contribution in [2.45, 2.75) is 19.3 Å². The van der Waals surface area contributed by atoms with E-state index in [1.807, 2.05) is 6.07 Å². The van der Waals surface area contributed by atoms with E-state index in [9.17, 15) is 0 Å². The molecule has 0 aliphatic carbocycles. The summed E-state index contributed by atoms with van der Waals surface area (Å²) in [5, 5.41) is 11.7. The van der Waals surface area contributed by atoms with Crippen molar-refractivity contribution in [3.63, 3.8) is 0 Å². The number of hydrogen-bond acceptors (Lipinski definition) is 2. The van der Waals surface area contributed by atoms with Crippen molar-refractivity contribution < 1.29 is 0 Å². The van der Waals surface area contributed by atoms with E-state index in [0.29, 0.717) is 6.42 Å². The summed E-state index contributed by atoms with van der Waals surface area (Å²) in [6, 6.07) is 10.5. The first-order chi connectivity index (χ1) is 7.33. The number of nitrogens with one attached hydrogen (secondary N) is 1. The van der Waals surface area contributed by atoms with Gasteiger partial charge in [-0.1, -0.05) is 28.1 Å². The molecule has 0 aromatic heterocycles. The molecule has 1 rings (SSSR count). The van der Waals surface area contributed by atoms with Gasteiger partial charge in [-0.3, -0.25) is 0 Å². The van der Waals surface area contributed by atoms with Gasteiger partial charge in [0.1, 0.15) is 0 Å². The molecule has 2 nitrogen and oxygen atoms in total. The average molecular weight is 267 g/mol. The summed E-state index contributed by atoms with van der Waals surface area (Å²) in [5.74, 6) is 0. The Hall–Kier alpha value is -0.850. The maximum absolute atomic E-state index is 8.35. The number of nitriles is 1. The zero-order chi connectivity index (χ0) is 10.9. The smallest absolute Gasteiger partial charge is 0.0622 e. The summed E-state index contributed by atoms with van der Waals surface area (Å²) in [4.78, 5) is 0. The van der Waals surface area contributed by atoms with Gasteiger partial charge in [0.2, 0.25) is 0 Å². The first kappa shape index (κ1) is 12.2. The minimum absolute atomic E-state index is 0.643. The van der Waals surface area contributed by atoms with Crippen LogP contribution in [0.4, 0.5) is 0 Å². The highest BCUT2D eigenvalue weighted by Gasteiger charge is 1.93. The second-order valence-corrected chi connectivity index (χ2v) is 4.31. The van der Waals surface area contributed by atoms with E-state index in [1.165, 1.54) is 5.56 Å². The van der Waals surface area contributed by atoms with Gasteiger partial charge in [0, 0.05) is 10.9 Å². The molecule has 15 heavy (non-hydrogen) atoms. The van der Waals surface area contributed by atoms with E-state index >= 15 is 0 Å². The molecule has 0 aliphatic rings. The van der Waals surface area contributed by atoms with Crippen LogP contribution < -0.4 is 5.32 Å². The number of unbranched alkanes of at least 4 members (excludes halogenated alkanes) is 1. The molecule has 1 aromatic carbocycles. The quantitative estimate of drug-likeness (QED) is 0.804. The van der Waals surface area contributed by atoms with Gasteiger partial charge >= 0.3 is 0 Å². The van der Waals surface area contributed by atoms with Gasteiger partial charge in [0.05, 0.1) is 6.07 Å². The molecule has 0 heterocycles. The van der Waals surface area contributed by atoms with Crippen LogP contribution in [-0.4, -0.2) is 13.1 Å². The van der Waals surface area contributed by atoms with E-state index in [1.54, 1.807) is 0 Å². The number of rotatable bonds is 6. The SMILES string of the molecule is N#CCCCNCCc1cccc(Br)c1. The first-order valence-electron chi connectivity index (χ1n) is 5.15. The van der Waals surface area contributed by atoms with Crippen LogP contribution >= 0.6 is 15.9 Å². The van der Waals surface area contributed by atoms with Gasteiger partial charge in [0.15, 0.2) is 0 Å². The van der Waals surface area contributed by atoms with Crippen molar-refractivity contribution in [1.29, 1.82) is 5.26 Å². The Morgan fingerprint density at radius 1 is 1.33 bits per heavy atom. The number of nitrogens with zero attached hydrogens (tertiary/aromatic N) is 1. The van der Waals surface area contributed by atoms with Crippen molar-refractivity contribution in [3.8, 4) is 6.07 Å². The van der Waals surface area contributed by atoms with Gasteiger partial charge < -0.3 is 5.32 Å². The molecular formula is C12H15BrN2. The Morgan fingerprint density at radius 2 is 2.20 bits per heavy atom. The van der Waals surface area contributed by atoms with E-state index in [4.69, 9.17) is 5.26 Å². The van der Waals surface area contributed by atoms with E-state index in [-0.39, 0.29) is 0 Å². The lowest BCUT2D eigenvalue weighted by Crippen LogP contribution is -2.18. The summed E-state index contributed by atoms with van der Waals surface area (Å²) in [6.45, 7) is 1.91. The van der Waals surface area contributed by atoms with Gasteiger partial charge in [-0.05, 0) is 43.6 Å². The molecule has 0 fully saturated rings. The Bertz CT molecular complexity index is 331. The fourth-order valence-corrected chi connectivity index (χ4v) is 1.79. The molecule has 0 amide bonds. The van der Waals surface area contributed by atoms with Crippen LogP contribution in [-0.2, 0) is 6.42 Å². The Labute approximate surface area is 99.4 Å². The molecule has 0 atom stereocenters. The van der Waals surface area contributed by atoms with Crippen LogP contribution in [0.2, 0.25) is 0 Å². The first-order valence-corrected chi connectivity index (χ1v) is 5.94. The third kappa shape index (κ3) is 5.56. The summed E-state index contributed by atoms with van der Waals surface area (Å²) in [6.07, 6.45) is 2.62. The molecule has 0 bridgehead atoms. The van der Waals surface area contributed by atoms with Crippen LogP contribution in [0.15, 0.2) is 28.7 Å². The summed E-state index contributed by atoms with van der Waals surface area (Å²) >= 11 is 3.45. The highest BCUT2D eigenvalue weighted by molar-refractivity contribution is 9.10. The summed E-state index contributed by atoms with van der Waals surface area (Å²) < 4.78 is 1.13. The molecule has 3 heteroatoms. The molecule has 0 aliphatic heterocycles. The third-order valence-corrected chi connectivity index (χ3v) is 2.61. The topological polar surface area (TPSA) is 35.8 Å². The fraction of sp³-hybridized carbons (Fsp3) is 0.417. The largest absolute Gasteiger partial charge is 0.316 e. The monoisotopic (exact) mass is 266 g/mol. The molecular weight excluding hydrogens is 252 g/mol. The zero-order valence-electron chi connectivity index (χ0n) is 8.67. The molecule has 0 saturated heterocycles. The lowest BCUT2D eigenvalue weighted by molar-refractivity contribution is 0.655. The summed E-state index contributed by atoms with van der Waals surface area (Å²) in [5.41, 5.74) is 1.33. The molecule has 1 aromatic rings. The standard InChI is InChI=1S/C12H15BrN2/c13-12-5-3-4-11(10-12)6-9-15-8-2-1-7-14/h3-5,10,15H,1-2,6,8-9H2. The molecule has 0 radical (unpaired) electrons. The highest BCUT2D eigenvalue weighted by atomic mass is 79.9. The van der Waals surface area contributed by atoms with Gasteiger partial charge in [0.25, 0.3) is 0 Å². The second kappa shape index (κ2) is 7.44. The van der Waals surface area contributed by atoms with Crippen molar-refractivity contribution >= 4 is 15.9 Å². The maximum Gasteiger partial charge on any atom is 0.0622 e. The van der Waals surface area contributed by atoms with Crippen LogP contribution in [0.5, 0.6) is 0 Å². The number of hydrogen-bond donors (Lipinski definition) is 1. The van der Waals surface area contributed by atoms with Crippen LogP contribution in [0.3, 0.4) is 0 Å². The van der Waals surface area contributed by atoms with Crippen LogP contribution in [0.25, 0.3) is 0 Å². The summed E-state index contributed by atoms with van der Waals surface area (Å²) in [7, 11) is 0. The predicted molar refractivity (Wildman–Crippen MR) is 65.6 cm³/mol. The van der Waals surface area contributed by atoms with Crippen molar-refractivity contribution in [2.75, 3.05) is 13.1 Å². The van der Waals surface area contributed by atoms with E-state index < -0.39 is 0 Å². The molecule has 0 saturated carbocycles. The Morgan fingerprint density at radius 3 is 2.93 bits per heavy atom. The van der Waals surface area contributed by atoms with E-state index in [2.05, 4.69) is 45.5 Å². The van der Waals surface area contributed by atoms with Crippen LogP contribution in [0.1, 0.15) is 18.4 Å². The lowest BCUT2D eigenvalue weighted by Gasteiger charge is -2.03. The second-order valence-electron chi connectivity index (χ2n) is 3.39. The Balaban J connectivity index is 2.13. The van der Waals surface area contributed by atoms with Crippen molar-refractivity contribution in [1.82, 2.24) is 5.32 Å². The molecule has 0 unspecified atom stereocenters. The van der Waals surface area contributed by atoms with Crippen molar-refractivity contribution in [3.05, 3.63) is 34.3 Å². The fourth-order valence-electron chi connectivity index (χ4n) is 1.34. The average Bonchev–Trinajstić information content (AvgIpc) is 2.23. The predicted octanol–water partition coefficient (Wildman–Crippen LogP) is 2.88. The lowest BCUT2D eigenvalue weighted by atomic mass is 10.1. The third-order valence-electron chi connectivity index (χ3n) is 2.12.